The predicted octanol–water partition coefficient (Wildman–Crippen LogP) is 2.81. The molecule has 0 saturated carbocycles. The maximum absolute atomic E-state index is 13.4. The molecule has 0 spiro atoms. The zero-order valence-corrected chi connectivity index (χ0v) is 10.5. The van der Waals surface area contributed by atoms with E-state index >= 15 is 0 Å². The van der Waals surface area contributed by atoms with E-state index < -0.39 is 5.91 Å². The van der Waals surface area contributed by atoms with Crippen LogP contribution < -0.4 is 10.5 Å². The lowest BCUT2D eigenvalue weighted by atomic mass is 10.1. The minimum atomic E-state index is -0.505. The topological polar surface area (TPSA) is 52.3 Å². The van der Waals surface area contributed by atoms with E-state index in [-0.39, 0.29) is 12.4 Å². The summed E-state index contributed by atoms with van der Waals surface area (Å²) in [5.41, 5.74) is 6.92. The van der Waals surface area contributed by atoms with Crippen molar-refractivity contribution in [2.75, 3.05) is 0 Å². The van der Waals surface area contributed by atoms with Gasteiger partial charge in [-0.15, -0.1) is 0 Å². The molecular formula is C15H14FNO2. The van der Waals surface area contributed by atoms with Crippen LogP contribution in [0.15, 0.2) is 42.5 Å². The van der Waals surface area contributed by atoms with E-state index in [2.05, 4.69) is 0 Å². The van der Waals surface area contributed by atoms with Gasteiger partial charge in [-0.2, -0.15) is 0 Å². The Balaban J connectivity index is 2.14. The lowest BCUT2D eigenvalue weighted by Crippen LogP contribution is -2.14. The molecule has 2 aromatic rings. The molecule has 2 rings (SSSR count). The van der Waals surface area contributed by atoms with Gasteiger partial charge in [-0.1, -0.05) is 24.3 Å². The van der Waals surface area contributed by atoms with Gasteiger partial charge in [0.15, 0.2) is 0 Å². The van der Waals surface area contributed by atoms with Crippen LogP contribution in [-0.2, 0) is 6.61 Å². The SMILES string of the molecule is Cc1ccc(OCc2ccccc2C(N)=O)cc1F. The van der Waals surface area contributed by atoms with Gasteiger partial charge in [0.25, 0.3) is 0 Å². The number of rotatable bonds is 4. The highest BCUT2D eigenvalue weighted by Crippen LogP contribution is 2.18. The molecule has 0 aromatic heterocycles. The standard InChI is InChI=1S/C15H14FNO2/c1-10-6-7-12(8-14(10)16)19-9-11-4-2-3-5-13(11)15(17)18/h2-8H,9H2,1H3,(H2,17,18). The second kappa shape index (κ2) is 5.52. The van der Waals surface area contributed by atoms with Gasteiger partial charge in [0, 0.05) is 17.2 Å². The van der Waals surface area contributed by atoms with Crippen molar-refractivity contribution in [3.8, 4) is 5.75 Å². The first-order valence-electron chi connectivity index (χ1n) is 5.84. The number of primary amides is 1. The molecule has 0 saturated heterocycles. The fraction of sp³-hybridized carbons (Fsp3) is 0.133. The van der Waals surface area contributed by atoms with Crippen molar-refractivity contribution in [1.29, 1.82) is 0 Å². The number of hydrogen-bond acceptors (Lipinski definition) is 2. The zero-order valence-electron chi connectivity index (χ0n) is 10.5. The fourth-order valence-electron chi connectivity index (χ4n) is 1.71. The number of halogens is 1. The van der Waals surface area contributed by atoms with Crippen LogP contribution in [0.25, 0.3) is 0 Å². The molecule has 0 heterocycles. The van der Waals surface area contributed by atoms with Gasteiger partial charge < -0.3 is 10.5 Å². The van der Waals surface area contributed by atoms with Crippen LogP contribution in [0, 0.1) is 12.7 Å². The molecule has 2 N–H and O–H groups in total. The van der Waals surface area contributed by atoms with Gasteiger partial charge in [0.1, 0.15) is 18.2 Å². The van der Waals surface area contributed by atoms with E-state index in [1.807, 2.05) is 0 Å². The Hall–Kier alpha value is -2.36. The van der Waals surface area contributed by atoms with Crippen LogP contribution >= 0.6 is 0 Å². The van der Waals surface area contributed by atoms with Gasteiger partial charge in [-0.3, -0.25) is 4.79 Å². The quantitative estimate of drug-likeness (QED) is 0.917. The molecule has 4 heteroatoms. The number of benzene rings is 2. The van der Waals surface area contributed by atoms with Crippen LogP contribution in [0.5, 0.6) is 5.75 Å². The smallest absolute Gasteiger partial charge is 0.249 e. The number of carbonyl (C=O) groups is 1. The summed E-state index contributed by atoms with van der Waals surface area (Å²) >= 11 is 0. The second-order valence-electron chi connectivity index (χ2n) is 4.22. The molecule has 3 nitrogen and oxygen atoms in total. The van der Waals surface area contributed by atoms with E-state index in [1.165, 1.54) is 6.07 Å². The highest BCUT2D eigenvalue weighted by atomic mass is 19.1. The zero-order chi connectivity index (χ0) is 13.8. The Morgan fingerprint density at radius 1 is 1.26 bits per heavy atom. The van der Waals surface area contributed by atoms with Crippen molar-refractivity contribution in [2.45, 2.75) is 13.5 Å². The van der Waals surface area contributed by atoms with Crippen molar-refractivity contribution < 1.29 is 13.9 Å². The highest BCUT2D eigenvalue weighted by molar-refractivity contribution is 5.94. The van der Waals surface area contributed by atoms with Crippen LogP contribution in [0.2, 0.25) is 0 Å². The number of carbonyl (C=O) groups excluding carboxylic acids is 1. The first-order valence-corrected chi connectivity index (χ1v) is 5.84. The minimum Gasteiger partial charge on any atom is -0.489 e. The Labute approximate surface area is 110 Å². The minimum absolute atomic E-state index is 0.168. The first kappa shape index (κ1) is 13.1. The molecule has 0 aliphatic carbocycles. The largest absolute Gasteiger partial charge is 0.489 e. The Morgan fingerprint density at radius 3 is 2.68 bits per heavy atom. The normalized spacial score (nSPS) is 10.2. The molecule has 0 bridgehead atoms. The van der Waals surface area contributed by atoms with Crippen LogP contribution in [0.1, 0.15) is 21.5 Å². The molecule has 1 amide bonds. The lowest BCUT2D eigenvalue weighted by Gasteiger charge is -2.09. The van der Waals surface area contributed by atoms with Gasteiger partial charge in [0.2, 0.25) is 5.91 Å². The first-order chi connectivity index (χ1) is 9.08. The van der Waals surface area contributed by atoms with Crippen LogP contribution in [0.3, 0.4) is 0 Å². The lowest BCUT2D eigenvalue weighted by molar-refractivity contribution is 0.0998. The molecule has 0 atom stereocenters. The number of nitrogens with two attached hydrogens (primary N) is 1. The molecule has 0 radical (unpaired) electrons. The summed E-state index contributed by atoms with van der Waals surface area (Å²) in [7, 11) is 0. The number of hydrogen-bond donors (Lipinski definition) is 1. The number of ether oxygens (including phenoxy) is 1. The van der Waals surface area contributed by atoms with E-state index in [1.54, 1.807) is 43.3 Å². The van der Waals surface area contributed by atoms with E-state index in [9.17, 15) is 9.18 Å². The summed E-state index contributed by atoms with van der Waals surface area (Å²) < 4.78 is 18.8. The third kappa shape index (κ3) is 3.10. The monoisotopic (exact) mass is 259 g/mol. The molecule has 0 aliphatic heterocycles. The van der Waals surface area contributed by atoms with E-state index in [0.717, 1.165) is 0 Å². The van der Waals surface area contributed by atoms with Crippen LogP contribution in [0.4, 0.5) is 4.39 Å². The summed E-state index contributed by atoms with van der Waals surface area (Å²) in [6.45, 7) is 1.85. The van der Waals surface area contributed by atoms with Crippen molar-refractivity contribution in [3.05, 3.63) is 65.0 Å². The maximum Gasteiger partial charge on any atom is 0.249 e. The molecule has 19 heavy (non-hydrogen) atoms. The molecule has 0 fully saturated rings. The average molecular weight is 259 g/mol. The van der Waals surface area contributed by atoms with Crippen molar-refractivity contribution in [1.82, 2.24) is 0 Å². The predicted molar refractivity (Wildman–Crippen MR) is 70.4 cm³/mol. The third-order valence-corrected chi connectivity index (χ3v) is 2.82. The van der Waals surface area contributed by atoms with Gasteiger partial charge in [0.05, 0.1) is 0 Å². The summed E-state index contributed by atoms with van der Waals surface area (Å²) in [6, 6.07) is 11.6. The molecule has 0 aliphatic rings. The van der Waals surface area contributed by atoms with Gasteiger partial charge >= 0.3 is 0 Å². The van der Waals surface area contributed by atoms with Gasteiger partial charge in [-0.25, -0.2) is 4.39 Å². The van der Waals surface area contributed by atoms with Crippen molar-refractivity contribution in [2.24, 2.45) is 5.73 Å². The Bertz CT molecular complexity index is 611. The highest BCUT2D eigenvalue weighted by Gasteiger charge is 2.08. The maximum atomic E-state index is 13.4. The molecular weight excluding hydrogens is 245 g/mol. The molecule has 98 valence electrons. The fourth-order valence-corrected chi connectivity index (χ4v) is 1.71. The number of amides is 1. The summed E-state index contributed by atoms with van der Waals surface area (Å²) in [5, 5.41) is 0. The average Bonchev–Trinajstić information content (AvgIpc) is 2.40. The van der Waals surface area contributed by atoms with Gasteiger partial charge in [-0.05, 0) is 24.6 Å². The van der Waals surface area contributed by atoms with E-state index in [4.69, 9.17) is 10.5 Å². The second-order valence-corrected chi connectivity index (χ2v) is 4.22. The summed E-state index contributed by atoms with van der Waals surface area (Å²) in [6.07, 6.45) is 0. The third-order valence-electron chi connectivity index (χ3n) is 2.82. The molecule has 0 unspecified atom stereocenters. The summed E-state index contributed by atoms with van der Waals surface area (Å²) in [4.78, 5) is 11.2. The number of aryl methyl sites for hydroxylation is 1. The van der Waals surface area contributed by atoms with E-state index in [0.29, 0.717) is 22.4 Å². The Kier molecular flexibility index (Phi) is 3.80. The molecule has 2 aromatic carbocycles. The van der Waals surface area contributed by atoms with Crippen molar-refractivity contribution in [3.63, 3.8) is 0 Å². The Morgan fingerprint density at radius 2 is 2.00 bits per heavy atom. The van der Waals surface area contributed by atoms with Crippen LogP contribution in [-0.4, -0.2) is 5.91 Å². The van der Waals surface area contributed by atoms with Crippen molar-refractivity contribution >= 4 is 5.91 Å². The summed E-state index contributed by atoms with van der Waals surface area (Å²) in [5.74, 6) is -0.405.